The predicted molar refractivity (Wildman–Crippen MR) is 60.3 cm³/mol. The van der Waals surface area contributed by atoms with Crippen molar-refractivity contribution in [2.75, 3.05) is 11.5 Å². The van der Waals surface area contributed by atoms with Gasteiger partial charge < -0.3 is 11.5 Å². The average Bonchev–Trinajstić information content (AvgIpc) is 3.06. The molecule has 1 aromatic heterocycles. The van der Waals surface area contributed by atoms with Crippen LogP contribution in [0.25, 0.3) is 0 Å². The minimum atomic E-state index is -0.429. The minimum Gasteiger partial charge on any atom is -0.391 e. The van der Waals surface area contributed by atoms with Gasteiger partial charge in [0.2, 0.25) is 0 Å². The first-order valence-corrected chi connectivity index (χ1v) is 5.53. The van der Waals surface area contributed by atoms with Gasteiger partial charge in [-0.25, -0.2) is 4.79 Å². The molecule has 6 heteroatoms. The molecule has 16 heavy (non-hydrogen) atoms. The van der Waals surface area contributed by atoms with Gasteiger partial charge in [-0.05, 0) is 25.7 Å². The fourth-order valence-corrected chi connectivity index (χ4v) is 2.02. The van der Waals surface area contributed by atoms with Crippen molar-refractivity contribution in [1.82, 2.24) is 9.13 Å². The molecule has 2 aliphatic rings. The molecule has 86 valence electrons. The van der Waals surface area contributed by atoms with Crippen molar-refractivity contribution in [2.24, 2.45) is 0 Å². The summed E-state index contributed by atoms with van der Waals surface area (Å²) >= 11 is 0. The molecule has 0 unspecified atom stereocenters. The third kappa shape index (κ3) is 1.19. The van der Waals surface area contributed by atoms with Crippen molar-refractivity contribution in [3.8, 4) is 0 Å². The highest BCUT2D eigenvalue weighted by atomic mass is 16.2. The standard InChI is InChI=1S/C10H14N4O2/c11-7-8(12)13(5-1-2-5)10(16)14(9(7)15)6-3-4-6/h5-6H,1-4,11-12H2. The summed E-state index contributed by atoms with van der Waals surface area (Å²) in [5, 5.41) is 0. The minimum absolute atomic E-state index is 0.0124. The zero-order chi connectivity index (χ0) is 11.4. The molecule has 0 atom stereocenters. The molecule has 1 aromatic rings. The van der Waals surface area contributed by atoms with E-state index in [1.807, 2.05) is 0 Å². The lowest BCUT2D eigenvalue weighted by Crippen LogP contribution is -2.41. The van der Waals surface area contributed by atoms with E-state index in [9.17, 15) is 9.59 Å². The van der Waals surface area contributed by atoms with Crippen LogP contribution < -0.4 is 22.7 Å². The van der Waals surface area contributed by atoms with E-state index in [0.29, 0.717) is 0 Å². The molecule has 6 nitrogen and oxygen atoms in total. The van der Waals surface area contributed by atoms with Gasteiger partial charge in [0.25, 0.3) is 5.56 Å². The highest BCUT2D eigenvalue weighted by Gasteiger charge is 2.33. The summed E-state index contributed by atoms with van der Waals surface area (Å²) in [5.74, 6) is 0.134. The Morgan fingerprint density at radius 1 is 0.938 bits per heavy atom. The Bertz CT molecular complexity index is 563. The lowest BCUT2D eigenvalue weighted by atomic mass is 10.4. The van der Waals surface area contributed by atoms with Gasteiger partial charge in [0.1, 0.15) is 11.5 Å². The van der Waals surface area contributed by atoms with E-state index < -0.39 is 5.56 Å². The molecule has 2 fully saturated rings. The number of nitrogens with two attached hydrogens (primary N) is 2. The number of rotatable bonds is 2. The van der Waals surface area contributed by atoms with Gasteiger partial charge in [-0.15, -0.1) is 0 Å². The van der Waals surface area contributed by atoms with Crippen LogP contribution in [0.1, 0.15) is 37.8 Å². The molecule has 4 N–H and O–H groups in total. The quantitative estimate of drug-likeness (QED) is 0.727. The van der Waals surface area contributed by atoms with E-state index in [4.69, 9.17) is 11.5 Å². The van der Waals surface area contributed by atoms with Gasteiger partial charge in [-0.3, -0.25) is 13.9 Å². The SMILES string of the molecule is Nc1c(N)n(C2CC2)c(=O)n(C2CC2)c1=O. The summed E-state index contributed by atoms with van der Waals surface area (Å²) in [5.41, 5.74) is 10.7. The highest BCUT2D eigenvalue weighted by Crippen LogP contribution is 2.37. The largest absolute Gasteiger partial charge is 0.391 e. The Kier molecular flexibility index (Phi) is 1.72. The molecule has 3 rings (SSSR count). The zero-order valence-corrected chi connectivity index (χ0v) is 8.85. The van der Waals surface area contributed by atoms with Crippen LogP contribution in [0.2, 0.25) is 0 Å². The van der Waals surface area contributed by atoms with Gasteiger partial charge in [0, 0.05) is 12.1 Å². The van der Waals surface area contributed by atoms with Crippen molar-refractivity contribution in [2.45, 2.75) is 37.8 Å². The fraction of sp³-hybridized carbons (Fsp3) is 0.600. The van der Waals surface area contributed by atoms with Crippen molar-refractivity contribution in [3.05, 3.63) is 20.8 Å². The van der Waals surface area contributed by atoms with Gasteiger partial charge in [0.05, 0.1) is 0 Å². The van der Waals surface area contributed by atoms with Crippen molar-refractivity contribution < 1.29 is 0 Å². The van der Waals surface area contributed by atoms with Crippen LogP contribution in [-0.4, -0.2) is 9.13 Å². The fourth-order valence-electron chi connectivity index (χ4n) is 2.02. The van der Waals surface area contributed by atoms with E-state index in [2.05, 4.69) is 0 Å². The summed E-state index contributed by atoms with van der Waals surface area (Å²) in [4.78, 5) is 23.9. The molecule has 0 aliphatic heterocycles. The number of hydrogen-bond donors (Lipinski definition) is 2. The monoisotopic (exact) mass is 222 g/mol. The Balaban J connectivity index is 2.33. The first-order chi connectivity index (χ1) is 7.61. The summed E-state index contributed by atoms with van der Waals surface area (Å²) in [6.45, 7) is 0. The molecule has 0 amide bonds. The second kappa shape index (κ2) is 2.90. The van der Waals surface area contributed by atoms with Gasteiger partial charge >= 0.3 is 5.69 Å². The van der Waals surface area contributed by atoms with Crippen LogP contribution in [0.5, 0.6) is 0 Å². The van der Waals surface area contributed by atoms with Crippen molar-refractivity contribution in [1.29, 1.82) is 0 Å². The van der Waals surface area contributed by atoms with Crippen molar-refractivity contribution in [3.63, 3.8) is 0 Å². The smallest absolute Gasteiger partial charge is 0.333 e. The van der Waals surface area contributed by atoms with E-state index in [1.165, 1.54) is 9.13 Å². The predicted octanol–water partition coefficient (Wildman–Crippen LogP) is -0.156. The first-order valence-electron chi connectivity index (χ1n) is 5.53. The molecular formula is C10H14N4O2. The molecule has 2 aliphatic carbocycles. The van der Waals surface area contributed by atoms with Crippen LogP contribution in [0.3, 0.4) is 0 Å². The van der Waals surface area contributed by atoms with Crippen molar-refractivity contribution >= 4 is 11.5 Å². The van der Waals surface area contributed by atoms with Crippen LogP contribution >= 0.6 is 0 Å². The van der Waals surface area contributed by atoms with E-state index in [1.54, 1.807) is 0 Å². The zero-order valence-electron chi connectivity index (χ0n) is 8.85. The summed E-state index contributed by atoms with van der Waals surface area (Å²) in [6, 6.07) is 0.174. The maximum absolute atomic E-state index is 12.1. The Morgan fingerprint density at radius 3 is 1.94 bits per heavy atom. The molecule has 0 spiro atoms. The molecular weight excluding hydrogens is 208 g/mol. The van der Waals surface area contributed by atoms with E-state index in [-0.39, 0.29) is 29.3 Å². The number of anilines is 2. The summed E-state index contributed by atoms with van der Waals surface area (Å²) in [7, 11) is 0. The molecule has 1 heterocycles. The molecule has 2 saturated carbocycles. The third-order valence-corrected chi connectivity index (χ3v) is 3.22. The summed E-state index contributed by atoms with van der Waals surface area (Å²) in [6.07, 6.45) is 3.63. The number of nitrogen functional groups attached to an aromatic ring is 2. The average molecular weight is 222 g/mol. The Labute approximate surface area is 91.5 Å². The van der Waals surface area contributed by atoms with E-state index in [0.717, 1.165) is 25.7 Å². The van der Waals surface area contributed by atoms with Crippen LogP contribution in [0.4, 0.5) is 11.5 Å². The third-order valence-electron chi connectivity index (χ3n) is 3.22. The Morgan fingerprint density at radius 2 is 1.44 bits per heavy atom. The second-order valence-electron chi connectivity index (χ2n) is 4.59. The number of nitrogens with zero attached hydrogens (tertiary/aromatic N) is 2. The van der Waals surface area contributed by atoms with Crippen LogP contribution in [0.15, 0.2) is 9.59 Å². The lowest BCUT2D eigenvalue weighted by molar-refractivity contribution is 0.579. The lowest BCUT2D eigenvalue weighted by Gasteiger charge is -2.13. The van der Waals surface area contributed by atoms with E-state index >= 15 is 0 Å². The summed E-state index contributed by atoms with van der Waals surface area (Å²) < 4.78 is 2.75. The normalized spacial score (nSPS) is 20.0. The van der Waals surface area contributed by atoms with Gasteiger partial charge in [0.15, 0.2) is 0 Å². The van der Waals surface area contributed by atoms with Crippen LogP contribution in [0, 0.1) is 0 Å². The molecule has 0 saturated heterocycles. The first kappa shape index (κ1) is 9.50. The van der Waals surface area contributed by atoms with Gasteiger partial charge in [-0.1, -0.05) is 0 Å². The second-order valence-corrected chi connectivity index (χ2v) is 4.59. The maximum atomic E-state index is 12.1. The number of hydrogen-bond acceptors (Lipinski definition) is 4. The number of aromatic nitrogens is 2. The molecule has 0 bridgehead atoms. The molecule has 0 radical (unpaired) electrons. The topological polar surface area (TPSA) is 96.0 Å². The highest BCUT2D eigenvalue weighted by molar-refractivity contribution is 5.57. The van der Waals surface area contributed by atoms with Crippen LogP contribution in [-0.2, 0) is 0 Å². The Hall–Kier alpha value is -1.72. The maximum Gasteiger partial charge on any atom is 0.333 e. The molecule has 0 aromatic carbocycles. The van der Waals surface area contributed by atoms with Gasteiger partial charge in [-0.2, -0.15) is 0 Å².